The van der Waals surface area contributed by atoms with Crippen molar-refractivity contribution < 1.29 is 4.74 Å². The summed E-state index contributed by atoms with van der Waals surface area (Å²) >= 11 is 0. The zero-order valence-electron chi connectivity index (χ0n) is 6.03. The van der Waals surface area contributed by atoms with Gasteiger partial charge in [-0.05, 0) is 24.3 Å². The fourth-order valence-corrected chi connectivity index (χ4v) is 1.00. The van der Waals surface area contributed by atoms with Gasteiger partial charge in [0.25, 0.3) is 0 Å². The Morgan fingerprint density at radius 3 is 2.90 bits per heavy atom. The van der Waals surface area contributed by atoms with E-state index in [1.807, 2.05) is 0 Å². The highest BCUT2D eigenvalue weighted by atomic mass is 16.5. The van der Waals surface area contributed by atoms with Gasteiger partial charge in [-0.3, -0.25) is 0 Å². The quantitative estimate of drug-likeness (QED) is 0.334. The molecule has 10 heavy (non-hydrogen) atoms. The van der Waals surface area contributed by atoms with Crippen molar-refractivity contribution in [2.45, 2.75) is 18.9 Å². The summed E-state index contributed by atoms with van der Waals surface area (Å²) in [5.74, 6) is 0.649. The van der Waals surface area contributed by atoms with Crippen LogP contribution in [-0.2, 0) is 4.74 Å². The highest BCUT2D eigenvalue weighted by Crippen LogP contribution is 2.34. The van der Waals surface area contributed by atoms with Gasteiger partial charge >= 0.3 is 0 Å². The van der Waals surface area contributed by atoms with Gasteiger partial charge in [-0.2, -0.15) is 0 Å². The van der Waals surface area contributed by atoms with Gasteiger partial charge in [-0.1, -0.05) is 5.11 Å². The summed E-state index contributed by atoms with van der Waals surface area (Å²) in [6.07, 6.45) is 2.61. The molecule has 0 radical (unpaired) electrons. The van der Waals surface area contributed by atoms with Crippen molar-refractivity contribution in [1.29, 1.82) is 0 Å². The molecule has 0 aromatic carbocycles. The monoisotopic (exact) mass is 141 g/mol. The van der Waals surface area contributed by atoms with Crippen molar-refractivity contribution in [3.05, 3.63) is 10.4 Å². The number of methoxy groups -OCH3 is 1. The predicted molar refractivity (Wildman–Crippen MR) is 37.5 cm³/mol. The van der Waals surface area contributed by atoms with Crippen molar-refractivity contribution >= 4 is 0 Å². The van der Waals surface area contributed by atoms with Crippen LogP contribution in [0.3, 0.4) is 0 Å². The van der Waals surface area contributed by atoms with E-state index in [0.29, 0.717) is 12.5 Å². The summed E-state index contributed by atoms with van der Waals surface area (Å²) in [6.45, 7) is 0.484. The van der Waals surface area contributed by atoms with E-state index in [9.17, 15) is 0 Å². The fourth-order valence-electron chi connectivity index (χ4n) is 1.00. The summed E-state index contributed by atoms with van der Waals surface area (Å²) in [4.78, 5) is 2.68. The Bertz CT molecular complexity index is 149. The third-order valence-corrected chi connectivity index (χ3v) is 1.78. The highest BCUT2D eigenvalue weighted by molar-refractivity contribution is 4.83. The second-order valence-electron chi connectivity index (χ2n) is 2.53. The van der Waals surface area contributed by atoms with Gasteiger partial charge in [0.15, 0.2) is 0 Å². The van der Waals surface area contributed by atoms with Gasteiger partial charge in [0.1, 0.15) is 0 Å². The molecule has 1 aliphatic carbocycles. The summed E-state index contributed by atoms with van der Waals surface area (Å²) in [5.41, 5.74) is 8.02. The number of azide groups is 1. The molecule has 1 rings (SSSR count). The van der Waals surface area contributed by atoms with Crippen molar-refractivity contribution in [2.24, 2.45) is 11.0 Å². The van der Waals surface area contributed by atoms with Crippen LogP contribution in [0, 0.1) is 5.92 Å². The zero-order chi connectivity index (χ0) is 7.40. The van der Waals surface area contributed by atoms with Crippen LogP contribution in [0.1, 0.15) is 12.8 Å². The molecule has 0 saturated heterocycles. The molecule has 1 atom stereocenters. The molecule has 1 fully saturated rings. The summed E-state index contributed by atoms with van der Waals surface area (Å²) in [5, 5.41) is 3.46. The van der Waals surface area contributed by atoms with Gasteiger partial charge in [0.05, 0.1) is 12.6 Å². The molecule has 0 heterocycles. The largest absolute Gasteiger partial charge is 0.381 e. The molecular formula is C6H11N3O. The molecule has 0 amide bonds. The van der Waals surface area contributed by atoms with Crippen LogP contribution in [0.2, 0.25) is 0 Å². The molecule has 1 unspecified atom stereocenters. The Morgan fingerprint density at radius 1 is 1.80 bits per heavy atom. The number of hydrogen-bond donors (Lipinski definition) is 0. The first-order chi connectivity index (χ1) is 4.88. The minimum Gasteiger partial charge on any atom is -0.381 e. The SMILES string of the molecule is COC(CN=[N+]=[N-])C1CC1. The van der Waals surface area contributed by atoms with Gasteiger partial charge in [0.2, 0.25) is 0 Å². The molecule has 4 heteroatoms. The molecule has 0 aromatic heterocycles. The van der Waals surface area contributed by atoms with E-state index in [4.69, 9.17) is 10.3 Å². The fraction of sp³-hybridized carbons (Fsp3) is 1.00. The third-order valence-electron chi connectivity index (χ3n) is 1.78. The lowest BCUT2D eigenvalue weighted by Gasteiger charge is -2.09. The van der Waals surface area contributed by atoms with Crippen molar-refractivity contribution in [3.63, 3.8) is 0 Å². The molecule has 0 aromatic rings. The topological polar surface area (TPSA) is 58.0 Å². The Morgan fingerprint density at radius 2 is 2.50 bits per heavy atom. The zero-order valence-corrected chi connectivity index (χ0v) is 6.03. The normalized spacial score (nSPS) is 19.7. The van der Waals surface area contributed by atoms with Crippen molar-refractivity contribution in [3.8, 4) is 0 Å². The Hall–Kier alpha value is -0.730. The molecule has 0 bridgehead atoms. The average molecular weight is 141 g/mol. The smallest absolute Gasteiger partial charge is 0.0655 e. The van der Waals surface area contributed by atoms with Crippen molar-refractivity contribution in [2.75, 3.05) is 13.7 Å². The molecule has 56 valence electrons. The Labute approximate surface area is 59.8 Å². The van der Waals surface area contributed by atoms with E-state index in [2.05, 4.69) is 10.0 Å². The predicted octanol–water partition coefficient (Wildman–Crippen LogP) is 1.72. The minimum atomic E-state index is 0.163. The van der Waals surface area contributed by atoms with Crippen molar-refractivity contribution in [1.82, 2.24) is 0 Å². The summed E-state index contributed by atoms with van der Waals surface area (Å²) < 4.78 is 5.11. The maximum Gasteiger partial charge on any atom is 0.0655 e. The standard InChI is InChI=1S/C6H11N3O/c1-10-6(4-8-9-7)5-2-3-5/h5-6H,2-4H2,1H3. The first kappa shape index (κ1) is 7.38. The Balaban J connectivity index is 2.25. The highest BCUT2D eigenvalue weighted by Gasteiger charge is 2.30. The van der Waals surface area contributed by atoms with Crippen LogP contribution in [0.4, 0.5) is 0 Å². The van der Waals surface area contributed by atoms with Crippen LogP contribution in [0.5, 0.6) is 0 Å². The lowest BCUT2D eigenvalue weighted by molar-refractivity contribution is 0.0916. The number of rotatable bonds is 4. The third kappa shape index (κ3) is 1.90. The molecule has 1 aliphatic rings. The molecule has 0 spiro atoms. The molecule has 0 N–H and O–H groups in total. The van der Waals surface area contributed by atoms with E-state index in [1.54, 1.807) is 7.11 Å². The second-order valence-corrected chi connectivity index (χ2v) is 2.53. The average Bonchev–Trinajstić information content (AvgIpc) is 2.73. The van der Waals surface area contributed by atoms with E-state index in [-0.39, 0.29) is 6.10 Å². The van der Waals surface area contributed by atoms with Gasteiger partial charge in [-0.25, -0.2) is 0 Å². The van der Waals surface area contributed by atoms with E-state index in [1.165, 1.54) is 12.8 Å². The van der Waals surface area contributed by atoms with E-state index < -0.39 is 0 Å². The first-order valence-electron chi connectivity index (χ1n) is 3.42. The number of ether oxygens (including phenoxy) is 1. The maximum absolute atomic E-state index is 8.02. The summed E-state index contributed by atoms with van der Waals surface area (Å²) in [6, 6.07) is 0. The summed E-state index contributed by atoms with van der Waals surface area (Å²) in [7, 11) is 1.66. The minimum absolute atomic E-state index is 0.163. The van der Waals surface area contributed by atoms with Gasteiger partial charge in [0, 0.05) is 12.0 Å². The van der Waals surface area contributed by atoms with Crippen LogP contribution >= 0.6 is 0 Å². The lowest BCUT2D eigenvalue weighted by Crippen LogP contribution is -2.16. The molecule has 0 aliphatic heterocycles. The second kappa shape index (κ2) is 3.44. The van der Waals surface area contributed by atoms with Crippen LogP contribution in [0.15, 0.2) is 5.11 Å². The maximum atomic E-state index is 8.02. The van der Waals surface area contributed by atoms with Gasteiger partial charge < -0.3 is 4.74 Å². The lowest BCUT2D eigenvalue weighted by atomic mass is 10.2. The number of nitrogens with zero attached hydrogens (tertiary/aromatic N) is 3. The molecular weight excluding hydrogens is 130 g/mol. The first-order valence-corrected chi connectivity index (χ1v) is 3.42. The Kier molecular flexibility index (Phi) is 2.54. The van der Waals surface area contributed by atoms with Crippen LogP contribution < -0.4 is 0 Å². The van der Waals surface area contributed by atoms with Crippen LogP contribution in [-0.4, -0.2) is 19.8 Å². The van der Waals surface area contributed by atoms with Crippen LogP contribution in [0.25, 0.3) is 10.4 Å². The number of hydrogen-bond acceptors (Lipinski definition) is 2. The molecule has 4 nitrogen and oxygen atoms in total. The van der Waals surface area contributed by atoms with Gasteiger partial charge in [-0.15, -0.1) is 0 Å². The van der Waals surface area contributed by atoms with E-state index in [0.717, 1.165) is 0 Å². The van der Waals surface area contributed by atoms with E-state index >= 15 is 0 Å². The molecule has 1 saturated carbocycles.